The molecular formula is C27H47O2P. The molecule has 1 fully saturated rings. The molecule has 0 N–H and O–H groups in total. The van der Waals surface area contributed by atoms with Gasteiger partial charge in [-0.2, -0.15) is 0 Å². The van der Waals surface area contributed by atoms with E-state index in [-0.39, 0.29) is 21.7 Å². The van der Waals surface area contributed by atoms with Crippen molar-refractivity contribution in [3.05, 3.63) is 28.8 Å². The highest BCUT2D eigenvalue weighted by atomic mass is 31.2. The molecule has 0 atom stereocenters. The third-order valence-corrected chi connectivity index (χ3v) is 8.14. The highest BCUT2D eigenvalue weighted by Gasteiger charge is 2.40. The van der Waals surface area contributed by atoms with Crippen molar-refractivity contribution in [2.75, 3.05) is 13.2 Å². The highest BCUT2D eigenvalue weighted by molar-refractivity contribution is 7.56. The van der Waals surface area contributed by atoms with Gasteiger partial charge >= 0.3 is 0 Å². The van der Waals surface area contributed by atoms with Gasteiger partial charge in [0.1, 0.15) is 0 Å². The van der Waals surface area contributed by atoms with Gasteiger partial charge in [-0.1, -0.05) is 101 Å². The molecule has 30 heavy (non-hydrogen) atoms. The van der Waals surface area contributed by atoms with Crippen LogP contribution < -0.4 is 5.30 Å². The molecular weight excluding hydrogens is 387 g/mol. The van der Waals surface area contributed by atoms with Gasteiger partial charge in [-0.3, -0.25) is 0 Å². The lowest BCUT2D eigenvalue weighted by Crippen LogP contribution is -2.38. The number of benzene rings is 1. The van der Waals surface area contributed by atoms with E-state index in [1.165, 1.54) is 41.3 Å². The average Bonchev–Trinajstić information content (AvgIpc) is 2.63. The Morgan fingerprint density at radius 1 is 0.800 bits per heavy atom. The molecule has 1 aromatic carbocycles. The molecule has 0 unspecified atom stereocenters. The molecule has 1 aliphatic rings. The van der Waals surface area contributed by atoms with E-state index in [1.54, 1.807) is 0 Å². The SMILES string of the molecule is CCCCC1(CC)COP(c2c(C(C)(C)C)cc(C(C)(C)C)cc2C(C)(C)C)OC1. The maximum Gasteiger partial charge on any atom is 0.205 e. The molecule has 2 nitrogen and oxygen atoms in total. The van der Waals surface area contributed by atoms with Crippen LogP contribution in [0.3, 0.4) is 0 Å². The Balaban J connectivity index is 2.56. The molecule has 0 aromatic heterocycles. The largest absolute Gasteiger partial charge is 0.330 e. The number of hydrogen-bond donors (Lipinski definition) is 0. The molecule has 0 aliphatic carbocycles. The van der Waals surface area contributed by atoms with E-state index in [0.29, 0.717) is 0 Å². The summed E-state index contributed by atoms with van der Waals surface area (Å²) in [4.78, 5) is 0. The molecule has 0 bridgehead atoms. The van der Waals surface area contributed by atoms with Crippen molar-refractivity contribution in [3.63, 3.8) is 0 Å². The monoisotopic (exact) mass is 434 g/mol. The van der Waals surface area contributed by atoms with Crippen LogP contribution in [0.15, 0.2) is 12.1 Å². The molecule has 1 aliphatic heterocycles. The van der Waals surface area contributed by atoms with Crippen LogP contribution in [0.25, 0.3) is 0 Å². The fourth-order valence-corrected chi connectivity index (χ4v) is 6.39. The predicted molar refractivity (Wildman–Crippen MR) is 133 cm³/mol. The molecule has 0 radical (unpaired) electrons. The standard InChI is InChI=1S/C27H47O2P/c1-12-14-15-27(13-2)18-28-30(29-19-27)23-21(25(6,7)8)16-20(24(3,4)5)17-22(23)26(9,10)11/h16-17H,12-15,18-19H2,1-11H3. The summed E-state index contributed by atoms with van der Waals surface area (Å²) in [5.74, 6) is 0. The Labute approximate surface area is 188 Å². The van der Waals surface area contributed by atoms with E-state index in [9.17, 15) is 0 Å². The van der Waals surface area contributed by atoms with Crippen molar-refractivity contribution < 1.29 is 9.05 Å². The zero-order chi connectivity index (χ0) is 23.0. The zero-order valence-electron chi connectivity index (χ0n) is 21.7. The fourth-order valence-electron chi connectivity index (χ4n) is 4.08. The Kier molecular flexibility index (Phi) is 7.93. The molecule has 1 saturated heterocycles. The molecule has 1 heterocycles. The van der Waals surface area contributed by atoms with Crippen molar-refractivity contribution in [3.8, 4) is 0 Å². The van der Waals surface area contributed by atoms with Gasteiger partial charge in [-0.15, -0.1) is 0 Å². The van der Waals surface area contributed by atoms with Gasteiger partial charge in [-0.05, 0) is 45.8 Å². The number of rotatable bonds is 5. The van der Waals surface area contributed by atoms with Crippen LogP contribution in [0.2, 0.25) is 0 Å². The summed E-state index contributed by atoms with van der Waals surface area (Å²) >= 11 is 0. The first kappa shape index (κ1) is 25.8. The molecule has 0 amide bonds. The molecule has 0 spiro atoms. The summed E-state index contributed by atoms with van der Waals surface area (Å²) in [6.07, 6.45) is 4.80. The Morgan fingerprint density at radius 2 is 1.27 bits per heavy atom. The van der Waals surface area contributed by atoms with Crippen LogP contribution in [0.1, 0.15) is 119 Å². The lowest BCUT2D eigenvalue weighted by Gasteiger charge is -2.42. The van der Waals surface area contributed by atoms with E-state index in [2.05, 4.69) is 88.3 Å². The Hall–Kier alpha value is -0.430. The Morgan fingerprint density at radius 3 is 1.60 bits per heavy atom. The van der Waals surface area contributed by atoms with Gasteiger partial charge < -0.3 is 9.05 Å². The smallest absolute Gasteiger partial charge is 0.205 e. The maximum atomic E-state index is 6.61. The fraction of sp³-hybridized carbons (Fsp3) is 0.778. The summed E-state index contributed by atoms with van der Waals surface area (Å²) in [5, 5.41) is 1.33. The normalized spacial score (nSPS) is 23.6. The quantitative estimate of drug-likeness (QED) is 0.435. The summed E-state index contributed by atoms with van der Waals surface area (Å²) in [6, 6.07) is 4.86. The maximum absolute atomic E-state index is 6.61. The minimum atomic E-state index is -1.06. The first-order valence-electron chi connectivity index (χ1n) is 11.9. The second-order valence-electron chi connectivity index (χ2n) is 12.4. The van der Waals surface area contributed by atoms with Gasteiger partial charge in [0.15, 0.2) is 0 Å². The first-order chi connectivity index (χ1) is 13.6. The first-order valence-corrected chi connectivity index (χ1v) is 13.1. The molecule has 0 saturated carbocycles. The minimum Gasteiger partial charge on any atom is -0.330 e. The van der Waals surface area contributed by atoms with Crippen LogP contribution in [0.4, 0.5) is 0 Å². The van der Waals surface area contributed by atoms with E-state index in [0.717, 1.165) is 19.6 Å². The summed E-state index contributed by atoms with van der Waals surface area (Å²) in [6.45, 7) is 27.1. The van der Waals surface area contributed by atoms with Gasteiger partial charge in [0.25, 0.3) is 0 Å². The molecule has 1 aromatic rings. The van der Waals surface area contributed by atoms with Gasteiger partial charge in [0.2, 0.25) is 8.38 Å². The second kappa shape index (κ2) is 9.21. The number of unbranched alkanes of at least 4 members (excludes halogenated alkanes) is 1. The van der Waals surface area contributed by atoms with Crippen molar-refractivity contribution in [2.24, 2.45) is 5.41 Å². The minimum absolute atomic E-state index is 0.0349. The number of hydrogen-bond acceptors (Lipinski definition) is 2. The Bertz CT molecular complexity index is 673. The van der Waals surface area contributed by atoms with E-state index < -0.39 is 8.38 Å². The predicted octanol–water partition coefficient (Wildman–Crippen LogP) is 8.15. The van der Waals surface area contributed by atoms with Crippen LogP contribution in [0, 0.1) is 5.41 Å². The highest BCUT2D eigenvalue weighted by Crippen LogP contribution is 2.51. The molecule has 2 rings (SSSR count). The third-order valence-electron chi connectivity index (χ3n) is 6.56. The van der Waals surface area contributed by atoms with E-state index in [1.807, 2.05) is 0 Å². The van der Waals surface area contributed by atoms with Crippen LogP contribution in [-0.2, 0) is 25.3 Å². The average molecular weight is 435 g/mol. The van der Waals surface area contributed by atoms with Crippen molar-refractivity contribution in [1.29, 1.82) is 0 Å². The summed E-state index contributed by atoms with van der Waals surface area (Å²) < 4.78 is 13.2. The van der Waals surface area contributed by atoms with Crippen molar-refractivity contribution >= 4 is 13.7 Å². The lowest BCUT2D eigenvalue weighted by molar-refractivity contribution is 0.0260. The van der Waals surface area contributed by atoms with Crippen molar-refractivity contribution in [1.82, 2.24) is 0 Å². The van der Waals surface area contributed by atoms with Gasteiger partial charge in [0.05, 0.1) is 13.2 Å². The van der Waals surface area contributed by atoms with Gasteiger partial charge in [0, 0.05) is 10.7 Å². The lowest BCUT2D eigenvalue weighted by atomic mass is 9.75. The van der Waals surface area contributed by atoms with Crippen LogP contribution in [0.5, 0.6) is 0 Å². The van der Waals surface area contributed by atoms with Crippen LogP contribution >= 0.6 is 8.38 Å². The summed E-state index contributed by atoms with van der Waals surface area (Å²) in [7, 11) is -1.06. The molecule has 3 heteroatoms. The zero-order valence-corrected chi connectivity index (χ0v) is 22.6. The van der Waals surface area contributed by atoms with E-state index >= 15 is 0 Å². The summed E-state index contributed by atoms with van der Waals surface area (Å²) in [5.41, 5.74) is 4.55. The van der Waals surface area contributed by atoms with Gasteiger partial charge in [-0.25, -0.2) is 0 Å². The third kappa shape index (κ3) is 5.87. The molecule has 172 valence electrons. The van der Waals surface area contributed by atoms with E-state index in [4.69, 9.17) is 9.05 Å². The van der Waals surface area contributed by atoms with Crippen molar-refractivity contribution in [2.45, 2.75) is 118 Å². The van der Waals surface area contributed by atoms with Crippen LogP contribution in [-0.4, -0.2) is 13.2 Å². The topological polar surface area (TPSA) is 18.5 Å². The second-order valence-corrected chi connectivity index (χ2v) is 13.9.